The smallest absolute Gasteiger partial charge is 0.160 e. The van der Waals surface area contributed by atoms with Gasteiger partial charge in [-0.15, -0.1) is 22.7 Å². The van der Waals surface area contributed by atoms with Crippen molar-refractivity contribution in [3.05, 3.63) is 32.6 Å². The third-order valence-corrected chi connectivity index (χ3v) is 3.52. The van der Waals surface area contributed by atoms with Crippen LogP contribution in [0, 0.1) is 6.92 Å². The monoisotopic (exact) mass is 208 g/mol. The van der Waals surface area contributed by atoms with Gasteiger partial charge in [-0.25, -0.2) is 0 Å². The summed E-state index contributed by atoms with van der Waals surface area (Å²) < 4.78 is 0. The lowest BCUT2D eigenvalue weighted by Crippen LogP contribution is -1.67. The van der Waals surface area contributed by atoms with Gasteiger partial charge in [-0.05, 0) is 40.9 Å². The summed E-state index contributed by atoms with van der Waals surface area (Å²) in [4.78, 5) is 12.6. The zero-order valence-electron chi connectivity index (χ0n) is 7.11. The molecule has 0 aliphatic heterocycles. The van der Waals surface area contributed by atoms with Crippen molar-refractivity contribution < 1.29 is 4.79 Å². The number of carbonyl (C=O) groups excluding carboxylic acids is 1. The highest BCUT2D eigenvalue weighted by molar-refractivity contribution is 7.12. The van der Waals surface area contributed by atoms with Crippen molar-refractivity contribution in [3.8, 4) is 11.1 Å². The second kappa shape index (κ2) is 3.44. The SMILES string of the molecule is Cc1cc(-c2csc(C=O)c2)cs1. The van der Waals surface area contributed by atoms with Crippen LogP contribution in [-0.2, 0) is 0 Å². The van der Waals surface area contributed by atoms with Gasteiger partial charge in [0.1, 0.15) is 0 Å². The number of aryl methyl sites for hydroxylation is 1. The maximum absolute atomic E-state index is 10.5. The van der Waals surface area contributed by atoms with E-state index in [1.54, 1.807) is 11.3 Å². The Kier molecular flexibility index (Phi) is 2.29. The molecule has 2 aromatic rings. The Balaban J connectivity index is 2.40. The second-order valence-electron chi connectivity index (χ2n) is 2.80. The van der Waals surface area contributed by atoms with E-state index in [4.69, 9.17) is 0 Å². The fraction of sp³-hybridized carbons (Fsp3) is 0.100. The van der Waals surface area contributed by atoms with Gasteiger partial charge in [0.2, 0.25) is 0 Å². The molecule has 0 atom stereocenters. The average molecular weight is 208 g/mol. The van der Waals surface area contributed by atoms with Crippen molar-refractivity contribution >= 4 is 29.0 Å². The normalized spacial score (nSPS) is 10.2. The van der Waals surface area contributed by atoms with Gasteiger partial charge < -0.3 is 0 Å². The van der Waals surface area contributed by atoms with E-state index in [9.17, 15) is 4.79 Å². The summed E-state index contributed by atoms with van der Waals surface area (Å²) in [6.07, 6.45) is 0.896. The maximum Gasteiger partial charge on any atom is 0.160 e. The summed E-state index contributed by atoms with van der Waals surface area (Å²) in [5, 5.41) is 4.14. The Morgan fingerprint density at radius 1 is 1.15 bits per heavy atom. The zero-order chi connectivity index (χ0) is 9.26. The van der Waals surface area contributed by atoms with Crippen LogP contribution >= 0.6 is 22.7 Å². The zero-order valence-corrected chi connectivity index (χ0v) is 8.74. The summed E-state index contributed by atoms with van der Waals surface area (Å²) in [6.45, 7) is 2.08. The molecule has 1 nitrogen and oxygen atoms in total. The largest absolute Gasteiger partial charge is 0.297 e. The standard InChI is InChI=1S/C10H8OS2/c1-7-2-8(5-12-7)9-3-10(4-11)13-6-9/h2-6H,1H3. The number of thiophene rings is 2. The highest BCUT2D eigenvalue weighted by Gasteiger charge is 2.02. The molecule has 0 amide bonds. The predicted molar refractivity (Wildman–Crippen MR) is 57.8 cm³/mol. The van der Waals surface area contributed by atoms with Crippen LogP contribution in [0.15, 0.2) is 22.9 Å². The number of carbonyl (C=O) groups is 1. The molecule has 0 radical (unpaired) electrons. The molecule has 2 rings (SSSR count). The van der Waals surface area contributed by atoms with E-state index in [2.05, 4.69) is 18.4 Å². The first-order valence-electron chi connectivity index (χ1n) is 3.89. The summed E-state index contributed by atoms with van der Waals surface area (Å²) >= 11 is 3.22. The van der Waals surface area contributed by atoms with Crippen molar-refractivity contribution in [2.75, 3.05) is 0 Å². The van der Waals surface area contributed by atoms with Gasteiger partial charge in [0, 0.05) is 4.88 Å². The predicted octanol–water partition coefficient (Wildman–Crippen LogP) is 3.60. The minimum atomic E-state index is 0.791. The van der Waals surface area contributed by atoms with E-state index in [-0.39, 0.29) is 0 Å². The molecular weight excluding hydrogens is 200 g/mol. The fourth-order valence-corrected chi connectivity index (χ4v) is 2.59. The topological polar surface area (TPSA) is 17.1 Å². The Bertz CT molecular complexity index is 426. The summed E-state index contributed by atoms with van der Waals surface area (Å²) in [6, 6.07) is 4.07. The molecule has 0 aliphatic carbocycles. The molecule has 0 saturated carbocycles. The van der Waals surface area contributed by atoms with Crippen molar-refractivity contribution in [1.82, 2.24) is 0 Å². The van der Waals surface area contributed by atoms with Crippen LogP contribution in [0.5, 0.6) is 0 Å². The minimum Gasteiger partial charge on any atom is -0.297 e. The van der Waals surface area contributed by atoms with Gasteiger partial charge in [-0.3, -0.25) is 4.79 Å². The van der Waals surface area contributed by atoms with Crippen LogP contribution in [0.4, 0.5) is 0 Å². The van der Waals surface area contributed by atoms with Crippen LogP contribution in [-0.4, -0.2) is 6.29 Å². The molecule has 0 saturated heterocycles. The second-order valence-corrected chi connectivity index (χ2v) is 4.86. The summed E-state index contributed by atoms with van der Waals surface area (Å²) in [7, 11) is 0. The lowest BCUT2D eigenvalue weighted by Gasteiger charge is -1.87. The molecule has 0 aliphatic rings. The van der Waals surface area contributed by atoms with Crippen LogP contribution in [0.25, 0.3) is 11.1 Å². The molecule has 0 bridgehead atoms. The van der Waals surface area contributed by atoms with Crippen molar-refractivity contribution in [2.45, 2.75) is 6.92 Å². The molecule has 3 heteroatoms. The molecule has 0 fully saturated rings. The van der Waals surface area contributed by atoms with E-state index in [0.717, 1.165) is 16.7 Å². The van der Waals surface area contributed by atoms with Crippen LogP contribution in [0.1, 0.15) is 14.5 Å². The summed E-state index contributed by atoms with van der Waals surface area (Å²) in [5.74, 6) is 0. The highest BCUT2D eigenvalue weighted by Crippen LogP contribution is 2.28. The van der Waals surface area contributed by atoms with Gasteiger partial charge in [-0.2, -0.15) is 0 Å². The molecule has 0 unspecified atom stereocenters. The minimum absolute atomic E-state index is 0.791. The third kappa shape index (κ3) is 1.71. The number of hydrogen-bond acceptors (Lipinski definition) is 3. The van der Waals surface area contributed by atoms with Gasteiger partial charge in [0.25, 0.3) is 0 Å². The summed E-state index contributed by atoms with van der Waals surface area (Å²) in [5.41, 5.74) is 2.36. The van der Waals surface area contributed by atoms with E-state index in [1.807, 2.05) is 11.4 Å². The Hall–Kier alpha value is -0.930. The molecule has 66 valence electrons. The first-order valence-corrected chi connectivity index (χ1v) is 5.65. The molecule has 2 aromatic heterocycles. The number of aldehydes is 1. The van der Waals surface area contributed by atoms with E-state index in [1.165, 1.54) is 21.8 Å². The molecule has 0 N–H and O–H groups in total. The van der Waals surface area contributed by atoms with Crippen LogP contribution in [0.2, 0.25) is 0 Å². The van der Waals surface area contributed by atoms with Crippen molar-refractivity contribution in [2.24, 2.45) is 0 Å². The lowest BCUT2D eigenvalue weighted by atomic mass is 10.2. The number of rotatable bonds is 2. The Labute approximate surface area is 84.7 Å². The first kappa shape index (κ1) is 8.66. The van der Waals surface area contributed by atoms with Gasteiger partial charge in [0.05, 0.1) is 4.88 Å². The molecule has 0 spiro atoms. The van der Waals surface area contributed by atoms with Gasteiger partial charge in [-0.1, -0.05) is 0 Å². The highest BCUT2D eigenvalue weighted by atomic mass is 32.1. The van der Waals surface area contributed by atoms with Crippen molar-refractivity contribution in [1.29, 1.82) is 0 Å². The Morgan fingerprint density at radius 2 is 1.85 bits per heavy atom. The van der Waals surface area contributed by atoms with E-state index >= 15 is 0 Å². The third-order valence-electron chi connectivity index (χ3n) is 1.80. The van der Waals surface area contributed by atoms with Crippen LogP contribution in [0.3, 0.4) is 0 Å². The van der Waals surface area contributed by atoms with Gasteiger partial charge >= 0.3 is 0 Å². The first-order chi connectivity index (χ1) is 6.29. The molecule has 0 aromatic carbocycles. The van der Waals surface area contributed by atoms with E-state index in [0.29, 0.717) is 0 Å². The van der Waals surface area contributed by atoms with Gasteiger partial charge in [0.15, 0.2) is 6.29 Å². The Morgan fingerprint density at radius 3 is 2.38 bits per heavy atom. The molecule has 13 heavy (non-hydrogen) atoms. The maximum atomic E-state index is 10.5. The van der Waals surface area contributed by atoms with E-state index < -0.39 is 0 Å². The quantitative estimate of drug-likeness (QED) is 0.689. The van der Waals surface area contributed by atoms with Crippen LogP contribution < -0.4 is 0 Å². The fourth-order valence-electron chi connectivity index (χ4n) is 1.16. The number of hydrogen-bond donors (Lipinski definition) is 0. The average Bonchev–Trinajstić information content (AvgIpc) is 2.71. The molecular formula is C10H8OS2. The van der Waals surface area contributed by atoms with Crippen molar-refractivity contribution in [3.63, 3.8) is 0 Å². The lowest BCUT2D eigenvalue weighted by molar-refractivity contribution is 0.112. The molecule has 2 heterocycles.